The van der Waals surface area contributed by atoms with Gasteiger partial charge in [0.25, 0.3) is 0 Å². The molecule has 0 saturated carbocycles. The smallest absolute Gasteiger partial charge is 0.138 e. The molecule has 1 unspecified atom stereocenters. The lowest BCUT2D eigenvalue weighted by molar-refractivity contribution is 0.465. The van der Waals surface area contributed by atoms with Crippen LogP contribution < -0.4 is 5.73 Å². The minimum Gasteiger partial charge on any atom is -0.321 e. The second-order valence-electron chi connectivity index (χ2n) is 5.19. The van der Waals surface area contributed by atoms with Crippen molar-refractivity contribution in [2.24, 2.45) is 12.8 Å². The van der Waals surface area contributed by atoms with E-state index in [4.69, 9.17) is 5.73 Å². The lowest BCUT2D eigenvalue weighted by Gasteiger charge is -2.25. The summed E-state index contributed by atoms with van der Waals surface area (Å²) < 4.78 is 1.77. The molecule has 1 aromatic heterocycles. The molecule has 0 aliphatic rings. The van der Waals surface area contributed by atoms with Crippen LogP contribution in [0.15, 0.2) is 24.5 Å². The van der Waals surface area contributed by atoms with Gasteiger partial charge in [0.2, 0.25) is 0 Å². The predicted molar refractivity (Wildman–Crippen MR) is 72.2 cm³/mol. The number of rotatable bonds is 3. The van der Waals surface area contributed by atoms with E-state index in [9.17, 15) is 0 Å². The highest BCUT2D eigenvalue weighted by atomic mass is 15.3. The van der Waals surface area contributed by atoms with Crippen LogP contribution in [0.2, 0.25) is 0 Å². The third-order valence-electron chi connectivity index (χ3n) is 3.50. The van der Waals surface area contributed by atoms with Crippen LogP contribution in [-0.2, 0) is 19.0 Å². The number of benzene rings is 1. The lowest BCUT2D eigenvalue weighted by atomic mass is 9.87. The SMILES string of the molecule is Cc1ccc(C(C)(N)Cc2ncnn2C)cc1C. The Labute approximate surface area is 108 Å². The van der Waals surface area contributed by atoms with Gasteiger partial charge in [0.05, 0.1) is 0 Å². The standard InChI is InChI=1S/C14H20N4/c1-10-5-6-12(7-11(10)2)14(3,15)8-13-16-9-17-18(13)4/h5-7,9H,8,15H2,1-4H3. The fourth-order valence-electron chi connectivity index (χ4n) is 2.01. The van der Waals surface area contributed by atoms with Gasteiger partial charge in [-0.2, -0.15) is 5.10 Å². The maximum atomic E-state index is 6.44. The normalized spacial score (nSPS) is 14.5. The van der Waals surface area contributed by atoms with Crippen molar-refractivity contribution in [2.75, 3.05) is 0 Å². The monoisotopic (exact) mass is 244 g/mol. The third kappa shape index (κ3) is 2.43. The quantitative estimate of drug-likeness (QED) is 0.896. The van der Waals surface area contributed by atoms with E-state index in [1.54, 1.807) is 11.0 Å². The Balaban J connectivity index is 2.30. The molecule has 0 spiro atoms. The zero-order valence-electron chi connectivity index (χ0n) is 11.4. The molecule has 0 saturated heterocycles. The average molecular weight is 244 g/mol. The molecular weight excluding hydrogens is 224 g/mol. The number of aromatic nitrogens is 3. The van der Waals surface area contributed by atoms with Crippen molar-refractivity contribution >= 4 is 0 Å². The first-order valence-corrected chi connectivity index (χ1v) is 6.09. The molecule has 0 amide bonds. The highest BCUT2D eigenvalue weighted by molar-refractivity contribution is 5.34. The molecule has 0 radical (unpaired) electrons. The van der Waals surface area contributed by atoms with Crippen molar-refractivity contribution in [3.05, 3.63) is 47.0 Å². The molecule has 2 N–H and O–H groups in total. The summed E-state index contributed by atoms with van der Waals surface area (Å²) in [6.45, 7) is 6.25. The number of nitrogens with two attached hydrogens (primary N) is 1. The van der Waals surface area contributed by atoms with Gasteiger partial charge in [0, 0.05) is 19.0 Å². The highest BCUT2D eigenvalue weighted by Gasteiger charge is 2.24. The van der Waals surface area contributed by atoms with Crippen molar-refractivity contribution in [3.8, 4) is 0 Å². The number of nitrogens with zero attached hydrogens (tertiary/aromatic N) is 3. The van der Waals surface area contributed by atoms with Crippen LogP contribution in [0, 0.1) is 13.8 Å². The molecule has 0 fully saturated rings. The van der Waals surface area contributed by atoms with Crippen LogP contribution in [0.25, 0.3) is 0 Å². The zero-order valence-corrected chi connectivity index (χ0v) is 11.4. The van der Waals surface area contributed by atoms with E-state index >= 15 is 0 Å². The Morgan fingerprint density at radius 1 is 1.28 bits per heavy atom. The molecule has 4 nitrogen and oxygen atoms in total. The number of hydrogen-bond acceptors (Lipinski definition) is 3. The van der Waals surface area contributed by atoms with Gasteiger partial charge in [-0.3, -0.25) is 4.68 Å². The first-order valence-electron chi connectivity index (χ1n) is 6.09. The molecule has 1 heterocycles. The molecule has 1 aromatic carbocycles. The van der Waals surface area contributed by atoms with E-state index < -0.39 is 5.54 Å². The molecule has 0 aliphatic heterocycles. The summed E-state index contributed by atoms with van der Waals surface area (Å²) in [4.78, 5) is 4.24. The summed E-state index contributed by atoms with van der Waals surface area (Å²) in [5, 5.41) is 4.08. The van der Waals surface area contributed by atoms with Gasteiger partial charge in [-0.25, -0.2) is 4.98 Å². The Hall–Kier alpha value is -1.68. The van der Waals surface area contributed by atoms with Gasteiger partial charge >= 0.3 is 0 Å². The molecule has 96 valence electrons. The summed E-state index contributed by atoms with van der Waals surface area (Å²) in [6, 6.07) is 6.37. The minimum atomic E-state index is -0.431. The topological polar surface area (TPSA) is 56.7 Å². The maximum absolute atomic E-state index is 6.44. The summed E-state index contributed by atoms with van der Waals surface area (Å²) >= 11 is 0. The molecule has 0 aliphatic carbocycles. The second kappa shape index (κ2) is 4.53. The summed E-state index contributed by atoms with van der Waals surface area (Å²) in [7, 11) is 1.89. The van der Waals surface area contributed by atoms with Gasteiger partial charge in [-0.05, 0) is 37.5 Å². The Morgan fingerprint density at radius 3 is 2.56 bits per heavy atom. The van der Waals surface area contributed by atoms with Crippen molar-refractivity contribution in [1.29, 1.82) is 0 Å². The van der Waals surface area contributed by atoms with Gasteiger partial charge in [-0.15, -0.1) is 0 Å². The van der Waals surface area contributed by atoms with Gasteiger partial charge in [0.15, 0.2) is 0 Å². The second-order valence-corrected chi connectivity index (χ2v) is 5.19. The van der Waals surface area contributed by atoms with E-state index in [0.717, 1.165) is 11.4 Å². The van der Waals surface area contributed by atoms with E-state index in [-0.39, 0.29) is 0 Å². The molecule has 18 heavy (non-hydrogen) atoms. The van der Waals surface area contributed by atoms with E-state index in [2.05, 4.69) is 42.1 Å². The Kier molecular flexibility index (Phi) is 3.22. The Bertz CT molecular complexity index is 555. The molecule has 2 aromatic rings. The summed E-state index contributed by atoms with van der Waals surface area (Å²) in [5.74, 6) is 0.901. The first-order chi connectivity index (χ1) is 8.40. The Morgan fingerprint density at radius 2 is 2.00 bits per heavy atom. The van der Waals surface area contributed by atoms with Gasteiger partial charge in [0.1, 0.15) is 12.2 Å². The highest BCUT2D eigenvalue weighted by Crippen LogP contribution is 2.23. The van der Waals surface area contributed by atoms with E-state index in [0.29, 0.717) is 6.42 Å². The third-order valence-corrected chi connectivity index (χ3v) is 3.50. The lowest BCUT2D eigenvalue weighted by Crippen LogP contribution is -2.36. The van der Waals surface area contributed by atoms with Crippen molar-refractivity contribution in [1.82, 2.24) is 14.8 Å². The minimum absolute atomic E-state index is 0.431. The van der Waals surface area contributed by atoms with Crippen LogP contribution >= 0.6 is 0 Å². The zero-order chi connectivity index (χ0) is 13.3. The summed E-state index contributed by atoms with van der Waals surface area (Å²) in [5.41, 5.74) is 9.69. The molecular formula is C14H20N4. The van der Waals surface area contributed by atoms with Crippen LogP contribution in [-0.4, -0.2) is 14.8 Å². The fraction of sp³-hybridized carbons (Fsp3) is 0.429. The van der Waals surface area contributed by atoms with E-state index in [1.807, 2.05) is 14.0 Å². The molecule has 1 atom stereocenters. The number of hydrogen-bond donors (Lipinski definition) is 1. The summed E-state index contributed by atoms with van der Waals surface area (Å²) in [6.07, 6.45) is 2.23. The van der Waals surface area contributed by atoms with Crippen molar-refractivity contribution in [2.45, 2.75) is 32.7 Å². The van der Waals surface area contributed by atoms with Gasteiger partial charge in [-0.1, -0.05) is 18.2 Å². The first kappa shape index (κ1) is 12.8. The maximum Gasteiger partial charge on any atom is 0.138 e. The van der Waals surface area contributed by atoms with Gasteiger partial charge < -0.3 is 5.73 Å². The average Bonchev–Trinajstić information content (AvgIpc) is 2.67. The van der Waals surface area contributed by atoms with Crippen LogP contribution in [0.4, 0.5) is 0 Å². The van der Waals surface area contributed by atoms with Crippen molar-refractivity contribution in [3.63, 3.8) is 0 Å². The predicted octanol–water partition coefficient (Wildman–Crippen LogP) is 1.85. The van der Waals surface area contributed by atoms with Crippen molar-refractivity contribution < 1.29 is 0 Å². The van der Waals surface area contributed by atoms with Crippen LogP contribution in [0.5, 0.6) is 0 Å². The van der Waals surface area contributed by atoms with E-state index in [1.165, 1.54) is 11.1 Å². The van der Waals surface area contributed by atoms with Crippen LogP contribution in [0.1, 0.15) is 29.4 Å². The molecule has 0 bridgehead atoms. The number of aryl methyl sites for hydroxylation is 3. The largest absolute Gasteiger partial charge is 0.321 e. The van der Waals surface area contributed by atoms with Crippen LogP contribution in [0.3, 0.4) is 0 Å². The molecule has 2 rings (SSSR count). The molecule has 4 heteroatoms. The fourth-order valence-corrected chi connectivity index (χ4v) is 2.01.